The second kappa shape index (κ2) is 10.5. The number of carbonyl (C=O) groups is 3. The molecule has 0 aromatic carbocycles. The zero-order valence-electron chi connectivity index (χ0n) is 18.6. The van der Waals surface area contributed by atoms with Crippen LogP contribution in [0.2, 0.25) is 0 Å². The molecule has 0 radical (unpaired) electrons. The standard InChI is InChI=1S/C25H37N3O3/c29-23(17-10-4-1-5-11-17)26-20-16-21(27-24(30)18-12-6-2-7-13-18)22(20)28-25(31)19-14-8-3-9-15-19/h16-19H,1-15H2,(H,26,29)(H,27,30)(H,28,31). The van der Waals surface area contributed by atoms with Gasteiger partial charge >= 0.3 is 0 Å². The van der Waals surface area contributed by atoms with Crippen molar-refractivity contribution in [2.75, 3.05) is 0 Å². The molecule has 0 saturated heterocycles. The normalized spacial score (nSPS) is 23.5. The van der Waals surface area contributed by atoms with Crippen molar-refractivity contribution in [3.8, 4) is 0 Å². The lowest BCUT2D eigenvalue weighted by atomic mass is 9.87. The van der Waals surface area contributed by atoms with Crippen molar-refractivity contribution in [1.29, 1.82) is 0 Å². The molecule has 3 saturated carbocycles. The van der Waals surface area contributed by atoms with Crippen LogP contribution in [-0.4, -0.2) is 17.7 Å². The van der Waals surface area contributed by atoms with Gasteiger partial charge in [0.15, 0.2) is 0 Å². The van der Waals surface area contributed by atoms with Gasteiger partial charge in [0.1, 0.15) is 0 Å². The first-order valence-electron chi connectivity index (χ1n) is 12.5. The maximum Gasteiger partial charge on any atom is 0.227 e. The van der Waals surface area contributed by atoms with Crippen LogP contribution >= 0.6 is 0 Å². The first-order chi connectivity index (χ1) is 15.1. The van der Waals surface area contributed by atoms with Gasteiger partial charge in [-0.3, -0.25) is 14.4 Å². The van der Waals surface area contributed by atoms with E-state index in [-0.39, 0.29) is 35.5 Å². The number of allylic oxidation sites excluding steroid dienone is 1. The topological polar surface area (TPSA) is 87.3 Å². The predicted molar refractivity (Wildman–Crippen MR) is 119 cm³/mol. The molecule has 3 fully saturated rings. The van der Waals surface area contributed by atoms with Gasteiger partial charge < -0.3 is 16.0 Å². The Morgan fingerprint density at radius 2 is 0.935 bits per heavy atom. The van der Waals surface area contributed by atoms with Gasteiger partial charge in [-0.15, -0.1) is 0 Å². The summed E-state index contributed by atoms with van der Waals surface area (Å²) in [6, 6.07) is 0. The van der Waals surface area contributed by atoms with Crippen LogP contribution in [-0.2, 0) is 14.4 Å². The third kappa shape index (κ3) is 5.58. The van der Waals surface area contributed by atoms with Crippen LogP contribution in [0.25, 0.3) is 0 Å². The molecule has 0 aromatic rings. The predicted octanol–water partition coefficient (Wildman–Crippen LogP) is 4.19. The van der Waals surface area contributed by atoms with E-state index in [2.05, 4.69) is 16.0 Å². The first kappa shape index (κ1) is 22.1. The van der Waals surface area contributed by atoms with Crippen LogP contribution in [0.5, 0.6) is 0 Å². The van der Waals surface area contributed by atoms with Gasteiger partial charge in [0.2, 0.25) is 17.7 Å². The minimum Gasteiger partial charge on any atom is -0.324 e. The Labute approximate surface area is 185 Å². The molecule has 0 atom stereocenters. The highest BCUT2D eigenvalue weighted by Gasteiger charge is 2.31. The van der Waals surface area contributed by atoms with Crippen LogP contribution < -0.4 is 16.0 Å². The maximum absolute atomic E-state index is 12.9. The van der Waals surface area contributed by atoms with Gasteiger partial charge in [-0.25, -0.2) is 0 Å². The lowest BCUT2D eigenvalue weighted by molar-refractivity contribution is -0.127. The molecule has 4 aliphatic rings. The van der Waals surface area contributed by atoms with Crippen molar-refractivity contribution >= 4 is 17.7 Å². The van der Waals surface area contributed by atoms with Crippen LogP contribution in [0.4, 0.5) is 0 Å². The maximum atomic E-state index is 12.9. The summed E-state index contributed by atoms with van der Waals surface area (Å²) < 4.78 is 0. The van der Waals surface area contributed by atoms with E-state index in [0.717, 1.165) is 77.0 Å². The fourth-order valence-corrected chi connectivity index (χ4v) is 5.48. The van der Waals surface area contributed by atoms with E-state index >= 15 is 0 Å². The van der Waals surface area contributed by atoms with Crippen LogP contribution in [0.15, 0.2) is 23.2 Å². The molecule has 3 amide bonds. The second-order valence-corrected chi connectivity index (χ2v) is 9.82. The molecule has 0 spiro atoms. The second-order valence-electron chi connectivity index (χ2n) is 9.82. The number of hydrogen-bond donors (Lipinski definition) is 3. The quantitative estimate of drug-likeness (QED) is 0.594. The molecule has 0 heterocycles. The lowest BCUT2D eigenvalue weighted by Crippen LogP contribution is -2.44. The molecular formula is C25H37N3O3. The Morgan fingerprint density at radius 1 is 0.548 bits per heavy atom. The van der Waals surface area contributed by atoms with Crippen molar-refractivity contribution in [2.24, 2.45) is 17.8 Å². The fraction of sp³-hybridized carbons (Fsp3) is 0.720. The van der Waals surface area contributed by atoms with Crippen molar-refractivity contribution in [3.63, 3.8) is 0 Å². The monoisotopic (exact) mass is 427 g/mol. The zero-order valence-corrected chi connectivity index (χ0v) is 18.6. The van der Waals surface area contributed by atoms with Crippen LogP contribution in [0, 0.1) is 17.8 Å². The summed E-state index contributed by atoms with van der Waals surface area (Å²) in [6.07, 6.45) is 17.5. The van der Waals surface area contributed by atoms with Gasteiger partial charge in [0.25, 0.3) is 0 Å². The molecule has 6 nitrogen and oxygen atoms in total. The number of nitrogens with one attached hydrogen (secondary N) is 3. The Kier molecular flexibility index (Phi) is 7.46. The van der Waals surface area contributed by atoms with Gasteiger partial charge in [0, 0.05) is 17.8 Å². The first-order valence-corrected chi connectivity index (χ1v) is 12.5. The average Bonchev–Trinajstić information content (AvgIpc) is 2.83. The molecule has 4 rings (SSSR count). The van der Waals surface area contributed by atoms with E-state index in [1.165, 1.54) is 19.3 Å². The highest BCUT2D eigenvalue weighted by atomic mass is 16.2. The smallest absolute Gasteiger partial charge is 0.227 e. The van der Waals surface area contributed by atoms with E-state index in [1.54, 1.807) is 6.08 Å². The number of hydrogen-bond acceptors (Lipinski definition) is 3. The minimum atomic E-state index is 0.0108. The zero-order chi connectivity index (χ0) is 21.6. The summed E-state index contributed by atoms with van der Waals surface area (Å²) in [4.78, 5) is 38.3. The summed E-state index contributed by atoms with van der Waals surface area (Å²) >= 11 is 0. The minimum absolute atomic E-state index is 0.0108. The molecule has 0 bridgehead atoms. The molecule has 3 N–H and O–H groups in total. The molecule has 6 heteroatoms. The van der Waals surface area contributed by atoms with E-state index in [0.29, 0.717) is 17.1 Å². The summed E-state index contributed by atoms with van der Waals surface area (Å²) in [5.74, 6) is 0.196. The average molecular weight is 428 g/mol. The molecule has 170 valence electrons. The van der Waals surface area contributed by atoms with E-state index in [9.17, 15) is 14.4 Å². The Hall–Kier alpha value is -2.11. The van der Waals surface area contributed by atoms with Gasteiger partial charge in [-0.2, -0.15) is 0 Å². The van der Waals surface area contributed by atoms with Gasteiger partial charge in [-0.05, 0) is 44.6 Å². The Balaban J connectivity index is 1.41. The summed E-state index contributed by atoms with van der Waals surface area (Å²) in [5, 5.41) is 9.10. The third-order valence-corrected chi connectivity index (χ3v) is 7.52. The van der Waals surface area contributed by atoms with Gasteiger partial charge in [0.05, 0.1) is 17.1 Å². The Morgan fingerprint density at radius 3 is 1.39 bits per heavy atom. The molecule has 0 aromatic heterocycles. The van der Waals surface area contributed by atoms with Crippen molar-refractivity contribution in [1.82, 2.24) is 16.0 Å². The molecule has 31 heavy (non-hydrogen) atoms. The summed E-state index contributed by atoms with van der Waals surface area (Å²) in [5.41, 5.74) is 1.86. The largest absolute Gasteiger partial charge is 0.324 e. The summed E-state index contributed by atoms with van der Waals surface area (Å²) in [7, 11) is 0. The van der Waals surface area contributed by atoms with E-state index < -0.39 is 0 Å². The fourth-order valence-electron chi connectivity index (χ4n) is 5.48. The number of amides is 3. The number of carbonyl (C=O) groups excluding carboxylic acids is 3. The molecule has 0 unspecified atom stereocenters. The van der Waals surface area contributed by atoms with Crippen molar-refractivity contribution in [2.45, 2.75) is 96.3 Å². The van der Waals surface area contributed by atoms with Crippen LogP contribution in [0.3, 0.4) is 0 Å². The Bertz CT molecular complexity index is 752. The van der Waals surface area contributed by atoms with Crippen LogP contribution in [0.1, 0.15) is 96.3 Å². The highest BCUT2D eigenvalue weighted by Crippen LogP contribution is 2.30. The number of rotatable bonds is 6. The van der Waals surface area contributed by atoms with Gasteiger partial charge in [-0.1, -0.05) is 57.8 Å². The molecular weight excluding hydrogens is 390 g/mol. The lowest BCUT2D eigenvalue weighted by Gasteiger charge is -2.30. The summed E-state index contributed by atoms with van der Waals surface area (Å²) in [6.45, 7) is 0. The highest BCUT2D eigenvalue weighted by molar-refractivity contribution is 5.88. The van der Waals surface area contributed by atoms with E-state index in [1.807, 2.05) is 0 Å². The molecule has 4 aliphatic carbocycles. The SMILES string of the molecule is O=C(NC1=CC(NC(=O)C2CCCCC2)=C1NC(=O)C1CCCCC1)C1CCCCC1. The van der Waals surface area contributed by atoms with Crippen molar-refractivity contribution in [3.05, 3.63) is 23.2 Å². The molecule has 0 aliphatic heterocycles. The van der Waals surface area contributed by atoms with E-state index in [4.69, 9.17) is 0 Å². The van der Waals surface area contributed by atoms with Crippen molar-refractivity contribution < 1.29 is 14.4 Å². The third-order valence-electron chi connectivity index (χ3n) is 7.52.